The first-order valence-electron chi connectivity index (χ1n) is 9.20. The number of nitrogens with zero attached hydrogens (tertiary/aromatic N) is 8. The van der Waals surface area contributed by atoms with E-state index in [4.69, 9.17) is 4.74 Å². The largest absolute Gasteiger partial charge is 0.378 e. The molecular formula is C19H20N8O. The lowest BCUT2D eigenvalue weighted by Gasteiger charge is -2.37. The Morgan fingerprint density at radius 2 is 1.86 bits per heavy atom. The molecule has 0 bridgehead atoms. The number of methoxy groups -OCH3 is 1. The standard InChI is InChI=1S/C19H20N8O/c1-28-11-15-9-18(27-19(24-15)22-13-23-27)26-6-4-25(5-7-26)16-2-3-17-14(8-16)10-20-12-21-17/h2-3,8-10,12-13H,4-7,11H2,1H3. The fourth-order valence-electron chi connectivity index (χ4n) is 3.65. The number of hydrogen-bond donors (Lipinski definition) is 0. The van der Waals surface area contributed by atoms with Crippen molar-refractivity contribution in [3.05, 3.63) is 48.8 Å². The van der Waals surface area contributed by atoms with Crippen LogP contribution in [0.3, 0.4) is 0 Å². The van der Waals surface area contributed by atoms with Gasteiger partial charge in [-0.15, -0.1) is 0 Å². The minimum atomic E-state index is 0.454. The molecule has 1 aliphatic heterocycles. The van der Waals surface area contributed by atoms with Crippen molar-refractivity contribution in [3.8, 4) is 0 Å². The van der Waals surface area contributed by atoms with Crippen molar-refractivity contribution in [2.75, 3.05) is 43.1 Å². The van der Waals surface area contributed by atoms with E-state index < -0.39 is 0 Å². The first-order valence-corrected chi connectivity index (χ1v) is 9.20. The molecule has 9 heteroatoms. The van der Waals surface area contributed by atoms with E-state index in [2.05, 4.69) is 53.0 Å². The molecule has 1 aliphatic rings. The van der Waals surface area contributed by atoms with E-state index in [1.54, 1.807) is 18.0 Å². The molecular weight excluding hydrogens is 356 g/mol. The number of fused-ring (bicyclic) bond motifs is 2. The molecule has 0 unspecified atom stereocenters. The Bertz CT molecular complexity index is 1120. The number of piperazine rings is 1. The van der Waals surface area contributed by atoms with Gasteiger partial charge in [-0.05, 0) is 18.2 Å². The van der Waals surface area contributed by atoms with E-state index in [-0.39, 0.29) is 0 Å². The molecule has 1 saturated heterocycles. The molecule has 5 rings (SSSR count). The molecule has 1 aromatic carbocycles. The summed E-state index contributed by atoms with van der Waals surface area (Å²) in [6.07, 6.45) is 4.98. The van der Waals surface area contributed by atoms with Gasteiger partial charge in [0.15, 0.2) is 0 Å². The van der Waals surface area contributed by atoms with Crippen LogP contribution in [0.2, 0.25) is 0 Å². The van der Waals surface area contributed by atoms with Gasteiger partial charge in [0.05, 0.1) is 17.8 Å². The van der Waals surface area contributed by atoms with Gasteiger partial charge in [-0.1, -0.05) is 0 Å². The van der Waals surface area contributed by atoms with Gasteiger partial charge in [0.25, 0.3) is 5.78 Å². The lowest BCUT2D eigenvalue weighted by molar-refractivity contribution is 0.181. The summed E-state index contributed by atoms with van der Waals surface area (Å²) in [5.74, 6) is 1.60. The van der Waals surface area contributed by atoms with E-state index in [1.807, 2.05) is 12.3 Å². The molecule has 0 aliphatic carbocycles. The summed E-state index contributed by atoms with van der Waals surface area (Å²) >= 11 is 0. The number of hydrogen-bond acceptors (Lipinski definition) is 8. The molecule has 0 amide bonds. The molecule has 142 valence electrons. The first-order chi connectivity index (χ1) is 13.8. The van der Waals surface area contributed by atoms with Crippen LogP contribution in [0.25, 0.3) is 16.7 Å². The number of anilines is 2. The highest BCUT2D eigenvalue weighted by atomic mass is 16.5. The highest BCUT2D eigenvalue weighted by Gasteiger charge is 2.21. The van der Waals surface area contributed by atoms with E-state index in [0.29, 0.717) is 12.4 Å². The Hall–Kier alpha value is -3.33. The van der Waals surface area contributed by atoms with Gasteiger partial charge in [0.2, 0.25) is 0 Å². The molecule has 0 saturated carbocycles. The Balaban J connectivity index is 1.38. The topological polar surface area (TPSA) is 84.6 Å². The second kappa shape index (κ2) is 7.01. The van der Waals surface area contributed by atoms with Crippen molar-refractivity contribution >= 4 is 28.2 Å². The summed E-state index contributed by atoms with van der Waals surface area (Å²) in [5.41, 5.74) is 3.02. The molecule has 0 N–H and O–H groups in total. The second-order valence-corrected chi connectivity index (χ2v) is 6.75. The van der Waals surface area contributed by atoms with Gasteiger partial charge < -0.3 is 14.5 Å². The summed E-state index contributed by atoms with van der Waals surface area (Å²) < 4.78 is 7.04. The zero-order chi connectivity index (χ0) is 18.9. The van der Waals surface area contributed by atoms with Crippen molar-refractivity contribution in [3.63, 3.8) is 0 Å². The van der Waals surface area contributed by atoms with Crippen LogP contribution in [-0.4, -0.2) is 62.8 Å². The van der Waals surface area contributed by atoms with E-state index in [9.17, 15) is 0 Å². The highest BCUT2D eigenvalue weighted by molar-refractivity contribution is 5.81. The van der Waals surface area contributed by atoms with Gasteiger partial charge in [-0.25, -0.2) is 15.0 Å². The normalized spacial score (nSPS) is 14.9. The minimum Gasteiger partial charge on any atom is -0.378 e. The average Bonchev–Trinajstić information content (AvgIpc) is 3.22. The van der Waals surface area contributed by atoms with Gasteiger partial charge in [-0.2, -0.15) is 14.6 Å². The Morgan fingerprint density at radius 3 is 2.71 bits per heavy atom. The predicted molar refractivity (Wildman–Crippen MR) is 105 cm³/mol. The number of aromatic nitrogens is 6. The van der Waals surface area contributed by atoms with Gasteiger partial charge in [-0.3, -0.25) is 0 Å². The third-order valence-corrected chi connectivity index (χ3v) is 5.04. The maximum absolute atomic E-state index is 5.25. The first kappa shape index (κ1) is 16.8. The maximum atomic E-state index is 5.25. The fraction of sp³-hybridized carbons (Fsp3) is 0.316. The van der Waals surface area contributed by atoms with Crippen molar-refractivity contribution in [2.45, 2.75) is 6.61 Å². The molecule has 0 radical (unpaired) electrons. The zero-order valence-electron chi connectivity index (χ0n) is 15.6. The monoisotopic (exact) mass is 376 g/mol. The van der Waals surface area contributed by atoms with Crippen molar-refractivity contribution < 1.29 is 4.74 Å². The van der Waals surface area contributed by atoms with Crippen molar-refractivity contribution in [1.29, 1.82) is 0 Å². The summed E-state index contributed by atoms with van der Waals surface area (Å²) in [5, 5.41) is 5.40. The molecule has 4 heterocycles. The van der Waals surface area contributed by atoms with Crippen LogP contribution in [0.1, 0.15) is 5.69 Å². The third-order valence-electron chi connectivity index (χ3n) is 5.04. The molecule has 3 aromatic heterocycles. The maximum Gasteiger partial charge on any atom is 0.254 e. The van der Waals surface area contributed by atoms with E-state index in [1.165, 1.54) is 12.0 Å². The van der Waals surface area contributed by atoms with Crippen molar-refractivity contribution in [2.24, 2.45) is 0 Å². The zero-order valence-corrected chi connectivity index (χ0v) is 15.6. The summed E-state index contributed by atoms with van der Waals surface area (Å²) in [7, 11) is 1.67. The average molecular weight is 376 g/mol. The lowest BCUT2D eigenvalue weighted by Crippen LogP contribution is -2.47. The van der Waals surface area contributed by atoms with Gasteiger partial charge >= 0.3 is 0 Å². The Labute approximate surface area is 161 Å². The quantitative estimate of drug-likeness (QED) is 0.530. The summed E-state index contributed by atoms with van der Waals surface area (Å²) in [4.78, 5) is 21.9. The van der Waals surface area contributed by atoms with Crippen LogP contribution in [0.4, 0.5) is 11.5 Å². The van der Waals surface area contributed by atoms with Crippen LogP contribution in [0.5, 0.6) is 0 Å². The van der Waals surface area contributed by atoms with Crippen molar-refractivity contribution in [1.82, 2.24) is 29.5 Å². The predicted octanol–water partition coefficient (Wildman–Crippen LogP) is 1.54. The van der Waals surface area contributed by atoms with E-state index in [0.717, 1.165) is 48.6 Å². The molecule has 1 fully saturated rings. The molecule has 4 aromatic rings. The summed E-state index contributed by atoms with van der Waals surface area (Å²) in [6, 6.07) is 8.37. The Morgan fingerprint density at radius 1 is 1.00 bits per heavy atom. The highest BCUT2D eigenvalue weighted by Crippen LogP contribution is 2.24. The number of rotatable bonds is 4. The summed E-state index contributed by atoms with van der Waals surface area (Å²) in [6.45, 7) is 4.05. The fourth-order valence-corrected chi connectivity index (χ4v) is 3.65. The third kappa shape index (κ3) is 2.99. The van der Waals surface area contributed by atoms with Crippen LogP contribution in [0, 0.1) is 0 Å². The molecule has 0 atom stereocenters. The van der Waals surface area contributed by atoms with Crippen LogP contribution < -0.4 is 9.80 Å². The van der Waals surface area contributed by atoms with Crippen LogP contribution >= 0.6 is 0 Å². The molecule has 9 nitrogen and oxygen atoms in total. The number of benzene rings is 1. The lowest BCUT2D eigenvalue weighted by atomic mass is 10.2. The van der Waals surface area contributed by atoms with Gasteiger partial charge in [0, 0.05) is 56.6 Å². The van der Waals surface area contributed by atoms with E-state index >= 15 is 0 Å². The smallest absolute Gasteiger partial charge is 0.254 e. The van der Waals surface area contributed by atoms with Gasteiger partial charge in [0.1, 0.15) is 18.5 Å². The minimum absolute atomic E-state index is 0.454. The molecule has 28 heavy (non-hydrogen) atoms. The Kier molecular flexibility index (Phi) is 4.21. The number of ether oxygens (including phenoxy) is 1. The second-order valence-electron chi connectivity index (χ2n) is 6.75. The molecule has 0 spiro atoms. The van der Waals surface area contributed by atoms with Crippen LogP contribution in [-0.2, 0) is 11.3 Å². The SMILES string of the molecule is COCc1cc(N2CCN(c3ccc4ncncc4c3)CC2)n2ncnc2n1. The van der Waals surface area contributed by atoms with Crippen LogP contribution in [0.15, 0.2) is 43.1 Å².